The zero-order valence-electron chi connectivity index (χ0n) is 36.7. The zero-order valence-corrected chi connectivity index (χ0v) is 36.7. The van der Waals surface area contributed by atoms with Gasteiger partial charge in [-0.1, -0.05) is 146 Å². The predicted octanol–water partition coefficient (Wildman–Crippen LogP) is 14.3. The molecule has 0 radical (unpaired) electrons. The minimum Gasteiger partial charge on any atom is -0.478 e. The van der Waals surface area contributed by atoms with E-state index in [4.69, 9.17) is 24.4 Å². The van der Waals surface area contributed by atoms with E-state index in [-0.39, 0.29) is 12.2 Å². The molecule has 0 saturated carbocycles. The first-order chi connectivity index (χ1) is 33.7. The fraction of sp³-hybridized carbons (Fsp3) is 0.0328. The Hall–Kier alpha value is -9.07. The van der Waals surface area contributed by atoms with Gasteiger partial charge in [-0.3, -0.25) is 9.97 Å². The Kier molecular flexibility index (Phi) is 10.5. The maximum absolute atomic E-state index is 6.96. The van der Waals surface area contributed by atoms with Crippen LogP contribution in [0.2, 0.25) is 0 Å². The van der Waals surface area contributed by atoms with Crippen LogP contribution in [0.4, 0.5) is 0 Å². The van der Waals surface area contributed by atoms with E-state index in [0.29, 0.717) is 34.5 Å². The van der Waals surface area contributed by atoms with Crippen molar-refractivity contribution in [2.75, 3.05) is 0 Å². The fourth-order valence-corrected chi connectivity index (χ4v) is 8.98. The predicted molar refractivity (Wildman–Crippen MR) is 271 cm³/mol. The lowest BCUT2D eigenvalue weighted by Crippen LogP contribution is -2.38. The third-order valence-electron chi connectivity index (χ3n) is 12.4. The molecule has 2 atom stereocenters. The van der Waals surface area contributed by atoms with Crippen LogP contribution in [0.5, 0.6) is 11.5 Å². The highest BCUT2D eigenvalue weighted by Gasteiger charge is 2.34. The van der Waals surface area contributed by atoms with Gasteiger partial charge in [-0.2, -0.15) is 0 Å². The molecule has 12 rings (SSSR count). The van der Waals surface area contributed by atoms with Crippen LogP contribution in [0.1, 0.15) is 0 Å². The van der Waals surface area contributed by atoms with Crippen molar-refractivity contribution in [1.82, 2.24) is 24.9 Å². The quantitative estimate of drug-likeness (QED) is 0.143. The molecule has 3 aromatic heterocycles. The monoisotopic (exact) mass is 875 g/mol. The molecule has 10 aromatic rings. The first-order valence-corrected chi connectivity index (χ1v) is 22.7. The summed E-state index contributed by atoms with van der Waals surface area (Å²) in [5.74, 6) is 2.80. The number of fused-ring (bicyclic) bond motifs is 2. The minimum absolute atomic E-state index is 0.312. The van der Waals surface area contributed by atoms with Crippen molar-refractivity contribution in [2.24, 2.45) is 0 Å². The van der Waals surface area contributed by atoms with E-state index >= 15 is 0 Å². The van der Waals surface area contributed by atoms with E-state index < -0.39 is 0 Å². The minimum atomic E-state index is -0.337. The molecule has 2 aliphatic rings. The van der Waals surface area contributed by atoms with Crippen molar-refractivity contribution in [2.45, 2.75) is 12.2 Å². The molecule has 68 heavy (non-hydrogen) atoms. The molecule has 4 heterocycles. The number of pyridine rings is 2. The second kappa shape index (κ2) is 17.7. The number of nitrogens with zero attached hydrogens (tertiary/aromatic N) is 5. The van der Waals surface area contributed by atoms with Crippen LogP contribution < -0.4 is 9.47 Å². The number of ether oxygens (including phenoxy) is 2. The van der Waals surface area contributed by atoms with Crippen LogP contribution in [-0.4, -0.2) is 37.1 Å². The highest BCUT2D eigenvalue weighted by atomic mass is 16.6. The fourth-order valence-electron chi connectivity index (χ4n) is 8.98. The summed E-state index contributed by atoms with van der Waals surface area (Å²) in [6.45, 7) is 0. The van der Waals surface area contributed by atoms with E-state index in [2.05, 4.69) is 174 Å². The molecule has 7 heteroatoms. The summed E-state index contributed by atoms with van der Waals surface area (Å²) in [5.41, 5.74) is 15.1. The normalized spacial score (nSPS) is 14.6. The number of rotatable bonds is 9. The van der Waals surface area contributed by atoms with E-state index in [1.807, 2.05) is 61.0 Å². The van der Waals surface area contributed by atoms with Crippen molar-refractivity contribution >= 4 is 0 Å². The van der Waals surface area contributed by atoms with Crippen molar-refractivity contribution in [3.05, 3.63) is 237 Å². The van der Waals surface area contributed by atoms with Gasteiger partial charge in [-0.05, 0) is 117 Å². The first-order valence-electron chi connectivity index (χ1n) is 22.7. The number of benzene rings is 7. The summed E-state index contributed by atoms with van der Waals surface area (Å²) in [4.78, 5) is 24.5. The van der Waals surface area contributed by atoms with Gasteiger partial charge in [0.15, 0.2) is 41.2 Å². The van der Waals surface area contributed by atoms with Crippen molar-refractivity contribution in [3.63, 3.8) is 0 Å². The molecule has 2 unspecified atom stereocenters. The molecule has 0 spiro atoms. The summed E-state index contributed by atoms with van der Waals surface area (Å²) in [7, 11) is 0. The summed E-state index contributed by atoms with van der Waals surface area (Å²) < 4.78 is 13.9. The van der Waals surface area contributed by atoms with Crippen molar-refractivity contribution < 1.29 is 9.47 Å². The summed E-state index contributed by atoms with van der Waals surface area (Å²) >= 11 is 0. The highest BCUT2D eigenvalue weighted by molar-refractivity contribution is 5.86. The molecule has 0 N–H and O–H groups in total. The summed E-state index contributed by atoms with van der Waals surface area (Å²) in [5, 5.41) is 0. The average molecular weight is 876 g/mol. The topological polar surface area (TPSA) is 82.9 Å². The Labute approximate surface area is 394 Å². The highest BCUT2D eigenvalue weighted by Crippen LogP contribution is 2.49. The molecular weight excluding hydrogens is 835 g/mol. The van der Waals surface area contributed by atoms with Gasteiger partial charge < -0.3 is 9.47 Å². The van der Waals surface area contributed by atoms with Crippen molar-refractivity contribution in [1.29, 1.82) is 0 Å². The van der Waals surface area contributed by atoms with Crippen LogP contribution in [0.15, 0.2) is 237 Å². The Bertz CT molecular complexity index is 3350. The first kappa shape index (κ1) is 40.4. The number of allylic oxidation sites excluding steroid dienone is 2. The van der Waals surface area contributed by atoms with Gasteiger partial charge in [0.25, 0.3) is 0 Å². The van der Waals surface area contributed by atoms with Crippen LogP contribution in [0.3, 0.4) is 0 Å². The van der Waals surface area contributed by atoms with Gasteiger partial charge in [-0.25, -0.2) is 15.0 Å². The van der Waals surface area contributed by atoms with E-state index in [1.54, 1.807) is 12.4 Å². The second-order valence-corrected chi connectivity index (χ2v) is 16.8. The Balaban J connectivity index is 0.981. The maximum atomic E-state index is 6.96. The lowest BCUT2D eigenvalue weighted by atomic mass is 9.93. The van der Waals surface area contributed by atoms with Gasteiger partial charge in [0.1, 0.15) is 0 Å². The third-order valence-corrected chi connectivity index (χ3v) is 12.4. The summed E-state index contributed by atoms with van der Waals surface area (Å²) in [6.07, 6.45) is 14.8. The maximum Gasteiger partial charge on any atom is 0.174 e. The van der Waals surface area contributed by atoms with Crippen LogP contribution in [0, 0.1) is 0 Å². The van der Waals surface area contributed by atoms with Gasteiger partial charge in [0.2, 0.25) is 0 Å². The molecule has 1 aliphatic heterocycles. The summed E-state index contributed by atoms with van der Waals surface area (Å²) in [6, 6.07) is 64.9. The van der Waals surface area contributed by atoms with E-state index in [1.165, 1.54) is 0 Å². The average Bonchev–Trinajstić information content (AvgIpc) is 3.43. The van der Waals surface area contributed by atoms with E-state index in [9.17, 15) is 0 Å². The standard InChI is InChI=1S/C61H41N5O2/c1-3-13-40(14-4-1)44-17-9-19-46(33-44)59-64-60(47-20-10-18-45(34-47)41-15-5-2-6-16-41)66-61(65-59)54-30-29-53(57-58(54)68-56-24-8-7-23-55(56)67-57)43-27-25-42(26-28-43)50-35-51(48-21-11-31-62-38-48)37-52(36-50)49-22-12-32-63-39-49/h1-39,55-56H. The van der Waals surface area contributed by atoms with E-state index in [0.717, 1.165) is 77.9 Å². The van der Waals surface area contributed by atoms with Gasteiger partial charge in [0.05, 0.1) is 5.56 Å². The number of aromatic nitrogens is 5. The molecule has 0 amide bonds. The smallest absolute Gasteiger partial charge is 0.174 e. The number of hydrogen-bond donors (Lipinski definition) is 0. The van der Waals surface area contributed by atoms with Crippen LogP contribution in [-0.2, 0) is 0 Å². The molecule has 0 fully saturated rings. The molecule has 7 aromatic carbocycles. The molecule has 0 bridgehead atoms. The molecule has 7 nitrogen and oxygen atoms in total. The SMILES string of the molecule is C1=CC2Oc3c(-c4ccc(-c5cc(-c6cccnc6)cc(-c6cccnc6)c5)cc4)ccc(-c4nc(-c5cccc(-c6ccccc6)c5)nc(-c5cccc(-c6ccccc6)c5)n4)c3OC2C=C1. The zero-order chi connectivity index (χ0) is 45.2. The third kappa shape index (κ3) is 8.03. The Morgan fingerprint density at radius 2 is 0.691 bits per heavy atom. The van der Waals surface area contributed by atoms with Gasteiger partial charge >= 0.3 is 0 Å². The second-order valence-electron chi connectivity index (χ2n) is 16.8. The largest absolute Gasteiger partial charge is 0.478 e. The lowest BCUT2D eigenvalue weighted by molar-refractivity contribution is 0.0769. The number of hydrogen-bond acceptors (Lipinski definition) is 7. The van der Waals surface area contributed by atoms with Crippen molar-refractivity contribution in [3.8, 4) is 112 Å². The molecule has 322 valence electrons. The van der Waals surface area contributed by atoms with Gasteiger partial charge in [0, 0.05) is 52.6 Å². The lowest BCUT2D eigenvalue weighted by Gasteiger charge is -2.34. The Morgan fingerprint density at radius 1 is 0.294 bits per heavy atom. The molecule has 1 aliphatic carbocycles. The van der Waals surface area contributed by atoms with Crippen LogP contribution in [0.25, 0.3) is 101 Å². The van der Waals surface area contributed by atoms with Gasteiger partial charge in [-0.15, -0.1) is 0 Å². The van der Waals surface area contributed by atoms with Crippen LogP contribution >= 0.6 is 0 Å². The molecule has 0 saturated heterocycles. The molecular formula is C61H41N5O2. The Morgan fingerprint density at radius 3 is 1.21 bits per heavy atom.